The molecule has 3 heteroatoms. The predicted octanol–water partition coefficient (Wildman–Crippen LogP) is 2.43. The summed E-state index contributed by atoms with van der Waals surface area (Å²) in [6.45, 7) is 8.45. The molecule has 0 aromatic heterocycles. The number of hydrogen-bond acceptors (Lipinski definition) is 3. The fourth-order valence-electron chi connectivity index (χ4n) is 2.91. The van der Waals surface area contributed by atoms with Gasteiger partial charge in [-0.15, -0.1) is 0 Å². The topological polar surface area (TPSA) is 38.3 Å². The van der Waals surface area contributed by atoms with Gasteiger partial charge in [0.2, 0.25) is 0 Å². The molecule has 1 fully saturated rings. The van der Waals surface area contributed by atoms with Crippen molar-refractivity contribution in [1.29, 1.82) is 0 Å². The maximum Gasteiger partial charge on any atom is 0.144 e. The second-order valence-electron chi connectivity index (χ2n) is 5.84. The molecule has 3 nitrogen and oxygen atoms in total. The molecule has 0 radical (unpaired) electrons. The Morgan fingerprint density at radius 2 is 1.95 bits per heavy atom. The first-order chi connectivity index (χ1) is 9.60. The number of ketones is 1. The van der Waals surface area contributed by atoms with Crippen LogP contribution in [0.15, 0.2) is 18.2 Å². The molecule has 1 saturated heterocycles. The van der Waals surface area contributed by atoms with Gasteiger partial charge >= 0.3 is 0 Å². The van der Waals surface area contributed by atoms with Crippen LogP contribution >= 0.6 is 0 Å². The Morgan fingerprint density at radius 3 is 2.60 bits per heavy atom. The molecule has 0 aliphatic carbocycles. The van der Waals surface area contributed by atoms with Gasteiger partial charge in [0.25, 0.3) is 0 Å². The highest BCUT2D eigenvalue weighted by Crippen LogP contribution is 2.18. The van der Waals surface area contributed by atoms with E-state index >= 15 is 0 Å². The fraction of sp³-hybridized carbons (Fsp3) is 0.588. The molecule has 110 valence electrons. The second-order valence-corrected chi connectivity index (χ2v) is 5.84. The number of benzene rings is 1. The molecule has 1 aliphatic heterocycles. The molecule has 0 spiro atoms. The number of ether oxygens (including phenoxy) is 1. The van der Waals surface area contributed by atoms with E-state index in [1.807, 2.05) is 0 Å². The lowest BCUT2D eigenvalue weighted by Gasteiger charge is -2.18. The number of nitrogens with one attached hydrogen (secondary N) is 1. The summed E-state index contributed by atoms with van der Waals surface area (Å²) in [5, 5.41) is 3.42. The van der Waals surface area contributed by atoms with Gasteiger partial charge in [0, 0.05) is 12.5 Å². The van der Waals surface area contributed by atoms with Crippen LogP contribution in [0.4, 0.5) is 0 Å². The summed E-state index contributed by atoms with van der Waals surface area (Å²) >= 11 is 0. The minimum absolute atomic E-state index is 0.00219. The van der Waals surface area contributed by atoms with Gasteiger partial charge in [-0.3, -0.25) is 4.79 Å². The van der Waals surface area contributed by atoms with Crippen LogP contribution in [0.5, 0.6) is 0 Å². The van der Waals surface area contributed by atoms with E-state index < -0.39 is 0 Å². The summed E-state index contributed by atoms with van der Waals surface area (Å²) in [6.07, 6.45) is 1.59. The number of aryl methyl sites for hydroxylation is 2. The van der Waals surface area contributed by atoms with Crippen molar-refractivity contribution in [3.63, 3.8) is 0 Å². The number of hydrogen-bond donors (Lipinski definition) is 1. The van der Waals surface area contributed by atoms with Crippen LogP contribution in [-0.2, 0) is 16.0 Å². The highest BCUT2D eigenvalue weighted by atomic mass is 16.5. The van der Waals surface area contributed by atoms with Crippen molar-refractivity contribution in [2.75, 3.05) is 19.8 Å². The van der Waals surface area contributed by atoms with Crippen LogP contribution in [0.2, 0.25) is 0 Å². The molecule has 0 amide bonds. The van der Waals surface area contributed by atoms with Gasteiger partial charge in [0.15, 0.2) is 0 Å². The number of carbonyl (C=O) groups excluding carboxylic acids is 1. The zero-order valence-electron chi connectivity index (χ0n) is 12.7. The van der Waals surface area contributed by atoms with Crippen molar-refractivity contribution in [3.8, 4) is 0 Å². The molecule has 1 aromatic carbocycles. The van der Waals surface area contributed by atoms with Crippen molar-refractivity contribution in [2.45, 2.75) is 39.7 Å². The molecule has 2 unspecified atom stereocenters. The molecular weight excluding hydrogens is 250 g/mol. The SMILES string of the molecule is CCCNC1COCC1C(=O)Cc1cc(C)cc(C)c1. The van der Waals surface area contributed by atoms with E-state index in [-0.39, 0.29) is 12.0 Å². The van der Waals surface area contributed by atoms with E-state index in [9.17, 15) is 4.79 Å². The van der Waals surface area contributed by atoms with Gasteiger partial charge in [0.05, 0.1) is 19.1 Å². The third-order valence-corrected chi connectivity index (χ3v) is 3.81. The summed E-state index contributed by atoms with van der Waals surface area (Å²) in [5.41, 5.74) is 3.56. The van der Waals surface area contributed by atoms with Gasteiger partial charge < -0.3 is 10.1 Å². The Balaban J connectivity index is 1.99. The summed E-state index contributed by atoms with van der Waals surface area (Å²) in [4.78, 5) is 12.5. The third-order valence-electron chi connectivity index (χ3n) is 3.81. The molecule has 0 saturated carbocycles. The van der Waals surface area contributed by atoms with Crippen molar-refractivity contribution >= 4 is 5.78 Å². The van der Waals surface area contributed by atoms with Gasteiger partial charge in [-0.2, -0.15) is 0 Å². The van der Waals surface area contributed by atoms with Gasteiger partial charge in [-0.25, -0.2) is 0 Å². The maximum absolute atomic E-state index is 12.5. The van der Waals surface area contributed by atoms with Crippen LogP contribution < -0.4 is 5.32 Å². The first-order valence-corrected chi connectivity index (χ1v) is 7.51. The summed E-state index contributed by atoms with van der Waals surface area (Å²) in [6, 6.07) is 6.54. The molecule has 1 heterocycles. The van der Waals surface area contributed by atoms with Crippen molar-refractivity contribution in [2.24, 2.45) is 5.92 Å². The Bertz CT molecular complexity index is 450. The van der Waals surface area contributed by atoms with Crippen LogP contribution in [-0.4, -0.2) is 31.6 Å². The highest BCUT2D eigenvalue weighted by Gasteiger charge is 2.33. The lowest BCUT2D eigenvalue weighted by molar-refractivity contribution is -0.122. The molecule has 1 aromatic rings. The smallest absolute Gasteiger partial charge is 0.144 e. The molecule has 2 rings (SSSR count). The van der Waals surface area contributed by atoms with Gasteiger partial charge in [0.1, 0.15) is 5.78 Å². The first kappa shape index (κ1) is 15.2. The van der Waals surface area contributed by atoms with Crippen LogP contribution in [0.1, 0.15) is 30.0 Å². The number of Topliss-reactive ketones (excluding diaryl/α,β-unsaturated/α-hetero) is 1. The zero-order chi connectivity index (χ0) is 14.5. The average molecular weight is 275 g/mol. The Kier molecular flexibility index (Phi) is 5.32. The lowest BCUT2D eigenvalue weighted by atomic mass is 9.92. The molecule has 1 aliphatic rings. The van der Waals surface area contributed by atoms with Gasteiger partial charge in [-0.05, 0) is 32.4 Å². The van der Waals surface area contributed by atoms with Crippen LogP contribution in [0.25, 0.3) is 0 Å². The average Bonchev–Trinajstić information content (AvgIpc) is 2.83. The van der Waals surface area contributed by atoms with Crippen LogP contribution in [0, 0.1) is 19.8 Å². The minimum atomic E-state index is 0.00219. The predicted molar refractivity (Wildman–Crippen MR) is 81.0 cm³/mol. The van der Waals surface area contributed by atoms with E-state index in [0.717, 1.165) is 18.5 Å². The van der Waals surface area contributed by atoms with Crippen molar-refractivity contribution < 1.29 is 9.53 Å². The quantitative estimate of drug-likeness (QED) is 0.866. The number of carbonyl (C=O) groups is 1. The summed E-state index contributed by atoms with van der Waals surface area (Å²) in [7, 11) is 0. The van der Waals surface area contributed by atoms with Crippen LogP contribution in [0.3, 0.4) is 0 Å². The first-order valence-electron chi connectivity index (χ1n) is 7.51. The summed E-state index contributed by atoms with van der Waals surface area (Å²) in [5.74, 6) is 0.295. The standard InChI is InChI=1S/C17H25NO2/c1-4-5-18-16-11-20-10-15(16)17(19)9-14-7-12(2)6-13(3)8-14/h6-8,15-16,18H,4-5,9-11H2,1-3H3. The normalized spacial score (nSPS) is 22.1. The molecular formula is C17H25NO2. The maximum atomic E-state index is 12.5. The largest absolute Gasteiger partial charge is 0.379 e. The highest BCUT2D eigenvalue weighted by molar-refractivity contribution is 5.84. The van der Waals surface area contributed by atoms with E-state index in [1.54, 1.807) is 0 Å². The molecule has 0 bridgehead atoms. The van der Waals surface area contributed by atoms with E-state index in [1.165, 1.54) is 11.1 Å². The van der Waals surface area contributed by atoms with Crippen molar-refractivity contribution in [3.05, 3.63) is 34.9 Å². The number of rotatable bonds is 6. The van der Waals surface area contributed by atoms with E-state index in [2.05, 4.69) is 44.3 Å². The Morgan fingerprint density at radius 1 is 1.25 bits per heavy atom. The van der Waals surface area contributed by atoms with E-state index in [4.69, 9.17) is 4.74 Å². The molecule has 1 N–H and O–H groups in total. The second kappa shape index (κ2) is 7.00. The van der Waals surface area contributed by atoms with Crippen molar-refractivity contribution in [1.82, 2.24) is 5.32 Å². The zero-order valence-corrected chi connectivity index (χ0v) is 12.7. The third kappa shape index (κ3) is 3.90. The lowest BCUT2D eigenvalue weighted by Crippen LogP contribution is -2.40. The molecule has 20 heavy (non-hydrogen) atoms. The molecule has 2 atom stereocenters. The Hall–Kier alpha value is -1.19. The minimum Gasteiger partial charge on any atom is -0.379 e. The summed E-state index contributed by atoms with van der Waals surface area (Å²) < 4.78 is 5.49. The Labute approximate surface area is 121 Å². The van der Waals surface area contributed by atoms with Gasteiger partial charge in [-0.1, -0.05) is 36.2 Å². The monoisotopic (exact) mass is 275 g/mol. The van der Waals surface area contributed by atoms with E-state index in [0.29, 0.717) is 25.4 Å². The fourth-order valence-corrected chi connectivity index (χ4v) is 2.91.